The van der Waals surface area contributed by atoms with Gasteiger partial charge in [0.25, 0.3) is 0 Å². The van der Waals surface area contributed by atoms with Crippen LogP contribution < -0.4 is 10.1 Å². The molecule has 164 valence electrons. The molecule has 1 heterocycles. The van der Waals surface area contributed by atoms with E-state index < -0.39 is 0 Å². The summed E-state index contributed by atoms with van der Waals surface area (Å²) in [5.41, 5.74) is 3.33. The predicted molar refractivity (Wildman–Crippen MR) is 126 cm³/mol. The van der Waals surface area contributed by atoms with Gasteiger partial charge in [-0.1, -0.05) is 43.3 Å². The predicted octanol–water partition coefficient (Wildman–Crippen LogP) is 5.08. The summed E-state index contributed by atoms with van der Waals surface area (Å²) in [5.74, 6) is 2.13. The summed E-state index contributed by atoms with van der Waals surface area (Å²) < 4.78 is 8.35. The SMILES string of the molecule is C=CCc1ccccc1OCCCn1c(CCCNC(=O)CCC)nc2ccccc21. The number of rotatable bonds is 13. The van der Waals surface area contributed by atoms with Crippen molar-refractivity contribution in [3.8, 4) is 5.75 Å². The van der Waals surface area contributed by atoms with Crippen molar-refractivity contribution in [3.05, 3.63) is 72.6 Å². The molecule has 5 nitrogen and oxygen atoms in total. The quantitative estimate of drug-likeness (QED) is 0.310. The third kappa shape index (κ3) is 6.45. The van der Waals surface area contributed by atoms with E-state index in [0.717, 1.165) is 66.8 Å². The standard InChI is InChI=1S/C26H33N3O2/c1-3-11-21-13-5-8-16-24(21)31-20-10-19-29-23-15-7-6-14-22(23)28-25(29)17-9-18-27-26(30)12-4-2/h3,5-8,13-16H,1,4,9-12,17-20H2,2H3,(H,27,30). The first kappa shape index (κ1) is 22.6. The third-order valence-corrected chi connectivity index (χ3v) is 5.23. The zero-order valence-electron chi connectivity index (χ0n) is 18.5. The average Bonchev–Trinajstić information content (AvgIpc) is 3.13. The number of benzene rings is 2. The lowest BCUT2D eigenvalue weighted by molar-refractivity contribution is -0.121. The maximum Gasteiger partial charge on any atom is 0.219 e. The Morgan fingerprint density at radius 1 is 1.16 bits per heavy atom. The van der Waals surface area contributed by atoms with Crippen molar-refractivity contribution in [1.29, 1.82) is 0 Å². The number of aryl methyl sites for hydroxylation is 2. The number of carbonyl (C=O) groups is 1. The molecule has 0 aliphatic heterocycles. The van der Waals surface area contributed by atoms with Crippen LogP contribution in [0.25, 0.3) is 11.0 Å². The number of amides is 1. The Morgan fingerprint density at radius 3 is 2.81 bits per heavy atom. The smallest absolute Gasteiger partial charge is 0.219 e. The van der Waals surface area contributed by atoms with Crippen LogP contribution in [0.5, 0.6) is 5.75 Å². The van der Waals surface area contributed by atoms with Crippen LogP contribution in [0.1, 0.15) is 44.0 Å². The van der Waals surface area contributed by atoms with Crippen molar-refractivity contribution in [2.24, 2.45) is 0 Å². The number of allylic oxidation sites excluding steroid dienone is 1. The maximum absolute atomic E-state index is 11.7. The van der Waals surface area contributed by atoms with E-state index in [9.17, 15) is 4.79 Å². The number of carbonyl (C=O) groups excluding carboxylic acids is 1. The average molecular weight is 420 g/mol. The number of fused-ring (bicyclic) bond motifs is 1. The molecule has 2 aromatic carbocycles. The highest BCUT2D eigenvalue weighted by atomic mass is 16.5. The van der Waals surface area contributed by atoms with Gasteiger partial charge in [-0.15, -0.1) is 6.58 Å². The topological polar surface area (TPSA) is 56.1 Å². The fourth-order valence-electron chi connectivity index (χ4n) is 3.73. The molecule has 0 atom stereocenters. The van der Waals surface area contributed by atoms with Crippen molar-refractivity contribution in [1.82, 2.24) is 14.9 Å². The van der Waals surface area contributed by atoms with E-state index in [2.05, 4.69) is 40.7 Å². The fraction of sp³-hybridized carbons (Fsp3) is 0.385. The Hall–Kier alpha value is -3.08. The van der Waals surface area contributed by atoms with Gasteiger partial charge in [0.15, 0.2) is 0 Å². The summed E-state index contributed by atoms with van der Waals surface area (Å²) in [6, 6.07) is 16.4. The van der Waals surface area contributed by atoms with Gasteiger partial charge >= 0.3 is 0 Å². The summed E-state index contributed by atoms with van der Waals surface area (Å²) in [5, 5.41) is 2.99. The highest BCUT2D eigenvalue weighted by Gasteiger charge is 2.11. The lowest BCUT2D eigenvalue weighted by atomic mass is 10.1. The van der Waals surface area contributed by atoms with Crippen molar-refractivity contribution >= 4 is 16.9 Å². The molecular formula is C26H33N3O2. The second-order valence-corrected chi connectivity index (χ2v) is 7.67. The normalized spacial score (nSPS) is 10.9. The number of aromatic nitrogens is 2. The van der Waals surface area contributed by atoms with Crippen LogP contribution in [-0.4, -0.2) is 28.6 Å². The Balaban J connectivity index is 1.58. The van der Waals surface area contributed by atoms with Gasteiger partial charge in [0, 0.05) is 25.9 Å². The van der Waals surface area contributed by atoms with Crippen LogP contribution in [-0.2, 0) is 24.2 Å². The van der Waals surface area contributed by atoms with Crippen LogP contribution in [0.4, 0.5) is 0 Å². The minimum absolute atomic E-state index is 0.130. The monoisotopic (exact) mass is 419 g/mol. The van der Waals surface area contributed by atoms with Crippen LogP contribution in [0.2, 0.25) is 0 Å². The first-order valence-electron chi connectivity index (χ1n) is 11.3. The van der Waals surface area contributed by atoms with E-state index in [1.807, 2.05) is 37.3 Å². The van der Waals surface area contributed by atoms with Gasteiger partial charge in [-0.25, -0.2) is 4.98 Å². The molecule has 3 rings (SSSR count). The molecule has 0 saturated carbocycles. The van der Waals surface area contributed by atoms with Crippen LogP contribution >= 0.6 is 0 Å². The summed E-state index contributed by atoms with van der Waals surface area (Å²) in [6.07, 6.45) is 6.78. The molecule has 1 aromatic heterocycles. The zero-order valence-corrected chi connectivity index (χ0v) is 18.5. The molecule has 0 fully saturated rings. The van der Waals surface area contributed by atoms with E-state index >= 15 is 0 Å². The molecule has 0 unspecified atom stereocenters. The molecule has 1 N–H and O–H groups in total. The molecule has 0 radical (unpaired) electrons. The molecule has 1 amide bonds. The minimum atomic E-state index is 0.130. The molecule has 0 aliphatic carbocycles. The molecule has 0 spiro atoms. The minimum Gasteiger partial charge on any atom is -0.493 e. The summed E-state index contributed by atoms with van der Waals surface area (Å²) in [6.45, 7) is 8.02. The molecule has 0 bridgehead atoms. The second kappa shape index (κ2) is 11.9. The van der Waals surface area contributed by atoms with E-state index in [1.165, 1.54) is 0 Å². The van der Waals surface area contributed by atoms with Gasteiger partial charge in [0.2, 0.25) is 5.91 Å². The third-order valence-electron chi connectivity index (χ3n) is 5.23. The summed E-state index contributed by atoms with van der Waals surface area (Å²) in [7, 11) is 0. The summed E-state index contributed by atoms with van der Waals surface area (Å²) in [4.78, 5) is 16.5. The van der Waals surface area contributed by atoms with Gasteiger partial charge in [0.05, 0.1) is 17.6 Å². The van der Waals surface area contributed by atoms with Crippen LogP contribution in [0, 0.1) is 0 Å². The number of imidazole rings is 1. The van der Waals surface area contributed by atoms with Crippen molar-refractivity contribution < 1.29 is 9.53 Å². The van der Waals surface area contributed by atoms with E-state index in [1.54, 1.807) is 0 Å². The van der Waals surface area contributed by atoms with E-state index in [0.29, 0.717) is 19.6 Å². The Morgan fingerprint density at radius 2 is 1.97 bits per heavy atom. The lowest BCUT2D eigenvalue weighted by Crippen LogP contribution is -2.24. The Bertz CT molecular complexity index is 993. The molecule has 0 saturated heterocycles. The van der Waals surface area contributed by atoms with Gasteiger partial charge in [-0.2, -0.15) is 0 Å². The van der Waals surface area contributed by atoms with E-state index in [-0.39, 0.29) is 5.91 Å². The van der Waals surface area contributed by atoms with Crippen LogP contribution in [0.3, 0.4) is 0 Å². The Labute approximate surface area is 185 Å². The molecule has 3 aromatic rings. The number of nitrogens with zero attached hydrogens (tertiary/aromatic N) is 2. The Kier molecular flexibility index (Phi) is 8.71. The summed E-state index contributed by atoms with van der Waals surface area (Å²) >= 11 is 0. The fourth-order valence-corrected chi connectivity index (χ4v) is 3.73. The number of ether oxygens (including phenoxy) is 1. The largest absolute Gasteiger partial charge is 0.493 e. The number of para-hydroxylation sites is 3. The first-order valence-corrected chi connectivity index (χ1v) is 11.3. The van der Waals surface area contributed by atoms with E-state index in [4.69, 9.17) is 9.72 Å². The van der Waals surface area contributed by atoms with Gasteiger partial charge in [-0.3, -0.25) is 4.79 Å². The van der Waals surface area contributed by atoms with Gasteiger partial charge in [0.1, 0.15) is 11.6 Å². The van der Waals surface area contributed by atoms with Crippen LogP contribution in [0.15, 0.2) is 61.2 Å². The molecular weight excluding hydrogens is 386 g/mol. The molecule has 0 aliphatic rings. The van der Waals surface area contributed by atoms with Crippen molar-refractivity contribution in [2.45, 2.75) is 52.0 Å². The number of hydrogen-bond donors (Lipinski definition) is 1. The van der Waals surface area contributed by atoms with Gasteiger partial charge < -0.3 is 14.6 Å². The molecule has 5 heteroatoms. The zero-order chi connectivity index (χ0) is 21.9. The van der Waals surface area contributed by atoms with Crippen molar-refractivity contribution in [3.63, 3.8) is 0 Å². The lowest BCUT2D eigenvalue weighted by Gasteiger charge is -2.12. The molecule has 31 heavy (non-hydrogen) atoms. The highest BCUT2D eigenvalue weighted by molar-refractivity contribution is 5.76. The maximum atomic E-state index is 11.7. The van der Waals surface area contributed by atoms with Gasteiger partial charge in [-0.05, 0) is 49.4 Å². The highest BCUT2D eigenvalue weighted by Crippen LogP contribution is 2.20. The first-order chi connectivity index (χ1) is 15.2. The number of nitrogens with one attached hydrogen (secondary N) is 1. The second-order valence-electron chi connectivity index (χ2n) is 7.67. The number of hydrogen-bond acceptors (Lipinski definition) is 3. The van der Waals surface area contributed by atoms with Crippen molar-refractivity contribution in [2.75, 3.05) is 13.2 Å².